The second-order valence-electron chi connectivity index (χ2n) is 6.28. The number of carbonyl (C=O) groups excluding carboxylic acids is 5. The SMILES string of the molecule is CC(=O)OCC(OC(C)=O)C(=O)Nc1c(I)c(C(=O)Cl)c(I)c(C(=O)NCC(O)CO)c1I. The van der Waals surface area contributed by atoms with Gasteiger partial charge in [-0.25, -0.2) is 0 Å². The summed E-state index contributed by atoms with van der Waals surface area (Å²) in [4.78, 5) is 60.1. The third-order valence-corrected chi connectivity index (χ3v) is 7.16. The lowest BCUT2D eigenvalue weighted by Gasteiger charge is -2.21. The van der Waals surface area contributed by atoms with E-state index in [1.807, 2.05) is 0 Å². The summed E-state index contributed by atoms with van der Waals surface area (Å²) >= 11 is 11.0. The predicted octanol–water partition coefficient (Wildman–Crippen LogP) is 1.40. The largest absolute Gasteiger partial charge is 0.461 e. The van der Waals surface area contributed by atoms with E-state index in [0.29, 0.717) is 0 Å². The monoisotopic (exact) mass is 822 g/mol. The number of halogens is 4. The maximum absolute atomic E-state index is 12.8. The fourth-order valence-corrected chi connectivity index (χ4v) is 7.19. The normalized spacial score (nSPS) is 12.4. The van der Waals surface area contributed by atoms with E-state index >= 15 is 0 Å². The molecule has 0 spiro atoms. The molecule has 0 aromatic heterocycles. The maximum Gasteiger partial charge on any atom is 0.303 e. The molecule has 1 rings (SSSR count). The van der Waals surface area contributed by atoms with Gasteiger partial charge in [-0.15, -0.1) is 0 Å². The number of benzene rings is 1. The van der Waals surface area contributed by atoms with Crippen LogP contribution in [-0.2, 0) is 23.9 Å². The molecule has 0 bridgehead atoms. The van der Waals surface area contributed by atoms with Crippen LogP contribution in [0.25, 0.3) is 0 Å². The number of aliphatic hydroxyl groups is 2. The van der Waals surface area contributed by atoms with Gasteiger partial charge in [0.2, 0.25) is 6.10 Å². The minimum absolute atomic E-state index is 0.00919. The first kappa shape index (κ1) is 30.2. The highest BCUT2D eigenvalue weighted by Gasteiger charge is 2.30. The molecule has 182 valence electrons. The van der Waals surface area contributed by atoms with Crippen LogP contribution in [0.3, 0.4) is 0 Å². The number of aliphatic hydroxyl groups excluding tert-OH is 2. The minimum Gasteiger partial charge on any atom is -0.461 e. The highest BCUT2D eigenvalue weighted by Crippen LogP contribution is 2.36. The lowest BCUT2D eigenvalue weighted by atomic mass is 10.1. The smallest absolute Gasteiger partial charge is 0.303 e. The zero-order valence-corrected chi connectivity index (χ0v) is 24.3. The summed E-state index contributed by atoms with van der Waals surface area (Å²) < 4.78 is 10.3. The second-order valence-corrected chi connectivity index (χ2v) is 9.86. The van der Waals surface area contributed by atoms with Crippen molar-refractivity contribution in [1.29, 1.82) is 0 Å². The van der Waals surface area contributed by atoms with Gasteiger partial charge in [-0.3, -0.25) is 24.0 Å². The maximum atomic E-state index is 12.8. The minimum atomic E-state index is -1.50. The van der Waals surface area contributed by atoms with E-state index < -0.39 is 54.4 Å². The van der Waals surface area contributed by atoms with Gasteiger partial charge >= 0.3 is 11.9 Å². The molecule has 0 heterocycles. The molecule has 0 saturated carbocycles. The van der Waals surface area contributed by atoms with E-state index in [2.05, 4.69) is 10.6 Å². The molecule has 2 unspecified atom stereocenters. The van der Waals surface area contributed by atoms with Crippen LogP contribution in [0.1, 0.15) is 34.6 Å². The zero-order chi connectivity index (χ0) is 25.5. The van der Waals surface area contributed by atoms with E-state index in [0.717, 1.165) is 13.8 Å². The van der Waals surface area contributed by atoms with Gasteiger partial charge in [0.1, 0.15) is 6.61 Å². The van der Waals surface area contributed by atoms with Gasteiger partial charge in [-0.05, 0) is 79.4 Å². The van der Waals surface area contributed by atoms with Crippen molar-refractivity contribution in [3.63, 3.8) is 0 Å². The van der Waals surface area contributed by atoms with Crippen LogP contribution in [0, 0.1) is 10.7 Å². The lowest BCUT2D eigenvalue weighted by Crippen LogP contribution is -2.37. The molecular formula is C18H18ClI3N2O9. The highest BCUT2D eigenvalue weighted by atomic mass is 127. The number of ether oxygens (including phenoxy) is 2. The Bertz CT molecular complexity index is 974. The highest BCUT2D eigenvalue weighted by molar-refractivity contribution is 14.1. The molecule has 1 aromatic rings. The fourth-order valence-electron chi connectivity index (χ4n) is 2.27. The van der Waals surface area contributed by atoms with Gasteiger partial charge in [0.05, 0.1) is 36.7 Å². The summed E-state index contributed by atoms with van der Waals surface area (Å²) in [5.74, 6) is -3.07. The van der Waals surface area contributed by atoms with Crippen molar-refractivity contribution in [2.24, 2.45) is 0 Å². The average molecular weight is 823 g/mol. The van der Waals surface area contributed by atoms with Gasteiger partial charge in [0, 0.05) is 24.0 Å². The summed E-state index contributed by atoms with van der Waals surface area (Å²) in [6, 6.07) is 0. The Hall–Kier alpha value is -0.830. The Kier molecular flexibility index (Phi) is 12.7. The number of carbonyl (C=O) groups is 5. The van der Waals surface area contributed by atoms with Crippen LogP contribution < -0.4 is 10.6 Å². The lowest BCUT2D eigenvalue weighted by molar-refractivity contribution is -0.160. The van der Waals surface area contributed by atoms with Crippen molar-refractivity contribution >= 4 is 114 Å². The van der Waals surface area contributed by atoms with Crippen molar-refractivity contribution in [2.75, 3.05) is 25.1 Å². The quantitative estimate of drug-likeness (QED) is 0.155. The third-order valence-electron chi connectivity index (χ3n) is 3.74. The topological polar surface area (TPSA) is 168 Å². The second kappa shape index (κ2) is 13.9. The zero-order valence-electron chi connectivity index (χ0n) is 17.0. The van der Waals surface area contributed by atoms with Gasteiger partial charge in [-0.1, -0.05) is 0 Å². The molecule has 15 heteroatoms. The molecule has 0 aliphatic heterocycles. The number of rotatable bonds is 10. The Morgan fingerprint density at radius 2 is 1.58 bits per heavy atom. The number of nitrogens with one attached hydrogen (secondary N) is 2. The fraction of sp³-hybridized carbons (Fsp3) is 0.389. The summed E-state index contributed by atoms with van der Waals surface area (Å²) in [5, 5.41) is 22.5. The van der Waals surface area contributed by atoms with Crippen molar-refractivity contribution in [3.05, 3.63) is 21.8 Å². The van der Waals surface area contributed by atoms with Crippen molar-refractivity contribution in [1.82, 2.24) is 5.32 Å². The molecule has 0 aliphatic rings. The summed E-state index contributed by atoms with van der Waals surface area (Å²) in [6.45, 7) is 0.792. The van der Waals surface area contributed by atoms with Crippen LogP contribution >= 0.6 is 79.4 Å². The first-order valence-electron chi connectivity index (χ1n) is 8.90. The molecule has 2 atom stereocenters. The molecule has 4 N–H and O–H groups in total. The number of esters is 2. The molecule has 2 amide bonds. The van der Waals surface area contributed by atoms with Gasteiger partial charge < -0.3 is 30.3 Å². The molecule has 1 aromatic carbocycles. The van der Waals surface area contributed by atoms with Crippen LogP contribution in [0.5, 0.6) is 0 Å². The van der Waals surface area contributed by atoms with Crippen LogP contribution in [0.15, 0.2) is 0 Å². The summed E-state index contributed by atoms with van der Waals surface area (Å²) in [7, 11) is 0. The molecule has 0 saturated heterocycles. The van der Waals surface area contributed by atoms with Crippen molar-refractivity contribution < 1.29 is 43.7 Å². The third kappa shape index (κ3) is 8.71. The van der Waals surface area contributed by atoms with Crippen LogP contribution in [-0.4, -0.2) is 71.2 Å². The van der Waals surface area contributed by atoms with Gasteiger partial charge in [-0.2, -0.15) is 0 Å². The number of hydrogen-bond donors (Lipinski definition) is 4. The molecule has 11 nitrogen and oxygen atoms in total. The molecule has 0 aliphatic carbocycles. The van der Waals surface area contributed by atoms with E-state index in [-0.39, 0.29) is 34.1 Å². The molecule has 0 fully saturated rings. The Labute approximate surface area is 234 Å². The Morgan fingerprint density at radius 3 is 2.06 bits per heavy atom. The first-order chi connectivity index (χ1) is 15.3. The van der Waals surface area contributed by atoms with Crippen molar-refractivity contribution in [2.45, 2.75) is 26.1 Å². The van der Waals surface area contributed by atoms with Crippen LogP contribution in [0.4, 0.5) is 5.69 Å². The predicted molar refractivity (Wildman–Crippen MR) is 141 cm³/mol. The summed E-state index contributed by atoms with van der Waals surface area (Å²) in [5.41, 5.74) is -0.0195. The Morgan fingerprint density at radius 1 is 1.00 bits per heavy atom. The van der Waals surface area contributed by atoms with E-state index in [4.69, 9.17) is 26.2 Å². The van der Waals surface area contributed by atoms with Gasteiger partial charge in [0.25, 0.3) is 17.1 Å². The number of amides is 2. The van der Waals surface area contributed by atoms with Crippen LogP contribution in [0.2, 0.25) is 0 Å². The van der Waals surface area contributed by atoms with E-state index in [9.17, 15) is 29.1 Å². The van der Waals surface area contributed by atoms with E-state index in [1.165, 1.54) is 0 Å². The molecule has 33 heavy (non-hydrogen) atoms. The number of anilines is 1. The van der Waals surface area contributed by atoms with Gasteiger partial charge in [0.15, 0.2) is 0 Å². The standard InChI is InChI=1S/C18H18ClI3N2O9/c1-6(26)32-5-9(33-7(2)27)17(30)24-15-13(21)10(16(19)29)12(20)11(14(15)22)18(31)23-3-8(28)4-25/h8-9,25,28H,3-5H2,1-2H3,(H,23,31)(H,24,30). The van der Waals surface area contributed by atoms with E-state index in [1.54, 1.807) is 67.8 Å². The Balaban J connectivity index is 3.46. The number of hydrogen-bond acceptors (Lipinski definition) is 9. The summed E-state index contributed by atoms with van der Waals surface area (Å²) in [6.07, 6.45) is -2.70. The first-order valence-corrected chi connectivity index (χ1v) is 12.5. The molecular weight excluding hydrogens is 804 g/mol. The average Bonchev–Trinajstić information content (AvgIpc) is 2.71. The molecule has 0 radical (unpaired) electrons. The van der Waals surface area contributed by atoms with Crippen molar-refractivity contribution in [3.8, 4) is 0 Å².